The molecule has 0 amide bonds. The molecule has 1 N–H and O–H groups in total. The van der Waals surface area contributed by atoms with Gasteiger partial charge in [0.1, 0.15) is 0 Å². The van der Waals surface area contributed by atoms with Crippen molar-refractivity contribution < 1.29 is 8.42 Å². The first-order chi connectivity index (χ1) is 10.5. The average molecular weight is 322 g/mol. The van der Waals surface area contributed by atoms with Crippen molar-refractivity contribution in [3.63, 3.8) is 0 Å². The second kappa shape index (κ2) is 6.30. The predicted molar refractivity (Wildman–Crippen MR) is 88.7 cm³/mol. The van der Waals surface area contributed by atoms with Gasteiger partial charge in [-0.3, -0.25) is 0 Å². The van der Waals surface area contributed by atoms with Gasteiger partial charge in [0, 0.05) is 12.6 Å². The van der Waals surface area contributed by atoms with Gasteiger partial charge < -0.3 is 0 Å². The van der Waals surface area contributed by atoms with Crippen LogP contribution >= 0.6 is 0 Å². The topological polar surface area (TPSA) is 49.4 Å². The Balaban J connectivity index is 1.89. The van der Waals surface area contributed by atoms with Crippen LogP contribution in [0.2, 0.25) is 0 Å². The van der Waals surface area contributed by atoms with Gasteiger partial charge in [-0.05, 0) is 36.3 Å². The number of nitrogens with zero attached hydrogens (tertiary/aromatic N) is 1. The molecule has 1 heterocycles. The molecule has 5 heteroatoms. The Morgan fingerprint density at radius 3 is 2.55 bits per heavy atom. The number of fused-ring (bicyclic) bond motifs is 1. The van der Waals surface area contributed by atoms with Crippen molar-refractivity contribution in [3.8, 4) is 0 Å². The highest BCUT2D eigenvalue weighted by Crippen LogP contribution is 2.36. The molecule has 2 aliphatic rings. The molecule has 1 aliphatic heterocycles. The zero-order valence-electron chi connectivity index (χ0n) is 13.5. The molecule has 0 radical (unpaired) electrons. The molecule has 1 aromatic carbocycles. The number of benzene rings is 1. The molecule has 0 bridgehead atoms. The molecule has 1 aliphatic carbocycles. The van der Waals surface area contributed by atoms with E-state index in [9.17, 15) is 8.42 Å². The van der Waals surface area contributed by atoms with Gasteiger partial charge in [-0.25, -0.2) is 0 Å². The molecule has 0 spiro atoms. The van der Waals surface area contributed by atoms with Gasteiger partial charge in [0.05, 0.1) is 6.04 Å². The highest BCUT2D eigenvalue weighted by molar-refractivity contribution is 7.87. The molecule has 1 fully saturated rings. The number of hydrogen-bond acceptors (Lipinski definition) is 2. The molecular formula is C17H26N2O2S. The summed E-state index contributed by atoms with van der Waals surface area (Å²) in [5, 5.41) is 0. The molecule has 1 aromatic rings. The fourth-order valence-electron chi connectivity index (χ4n) is 3.86. The lowest BCUT2D eigenvalue weighted by molar-refractivity contribution is 0.243. The first-order valence-electron chi connectivity index (χ1n) is 8.36. The molecule has 4 nitrogen and oxygen atoms in total. The second-order valence-electron chi connectivity index (χ2n) is 6.85. The van der Waals surface area contributed by atoms with Crippen molar-refractivity contribution in [2.75, 3.05) is 6.54 Å². The molecule has 1 atom stereocenters. The minimum atomic E-state index is -3.42. The zero-order valence-corrected chi connectivity index (χ0v) is 14.3. The lowest BCUT2D eigenvalue weighted by atomic mass is 9.88. The minimum Gasteiger partial charge on any atom is -0.199 e. The standard InChI is InChI=1S/C17H26N2O2S/c1-13(2)17-16-10-6-3-7-14(16)11-12-19(17)22(20,21)18-15-8-4-5-9-15/h3,6-7,10,13,15,17-18H,4-5,8-9,11-12H2,1-2H3. The summed E-state index contributed by atoms with van der Waals surface area (Å²) >= 11 is 0. The summed E-state index contributed by atoms with van der Waals surface area (Å²) in [6.07, 6.45) is 4.99. The molecule has 22 heavy (non-hydrogen) atoms. The van der Waals surface area contributed by atoms with E-state index in [0.717, 1.165) is 32.1 Å². The summed E-state index contributed by atoms with van der Waals surface area (Å²) in [6.45, 7) is 4.78. The Labute approximate surface area is 134 Å². The molecule has 1 saturated carbocycles. The van der Waals surface area contributed by atoms with Crippen LogP contribution in [0.3, 0.4) is 0 Å². The summed E-state index contributed by atoms with van der Waals surface area (Å²) in [5.74, 6) is 0.251. The van der Waals surface area contributed by atoms with Crippen molar-refractivity contribution in [2.45, 2.75) is 58.0 Å². The van der Waals surface area contributed by atoms with Crippen LogP contribution in [0.4, 0.5) is 0 Å². The summed E-state index contributed by atoms with van der Waals surface area (Å²) in [6, 6.07) is 8.31. The monoisotopic (exact) mass is 322 g/mol. The van der Waals surface area contributed by atoms with Crippen LogP contribution in [0, 0.1) is 5.92 Å². The first kappa shape index (κ1) is 16.0. The lowest BCUT2D eigenvalue weighted by Crippen LogP contribution is -2.49. The third-order valence-electron chi connectivity index (χ3n) is 4.90. The lowest BCUT2D eigenvalue weighted by Gasteiger charge is -2.39. The Morgan fingerprint density at radius 2 is 1.86 bits per heavy atom. The molecule has 1 unspecified atom stereocenters. The van der Waals surface area contributed by atoms with E-state index < -0.39 is 10.2 Å². The molecule has 0 aromatic heterocycles. The first-order valence-corrected chi connectivity index (χ1v) is 9.80. The Bertz CT molecular complexity index is 621. The largest absolute Gasteiger partial charge is 0.280 e. The van der Waals surface area contributed by atoms with E-state index in [1.807, 2.05) is 12.1 Å². The number of rotatable bonds is 4. The van der Waals surface area contributed by atoms with Crippen molar-refractivity contribution in [3.05, 3.63) is 35.4 Å². The van der Waals surface area contributed by atoms with Crippen molar-refractivity contribution in [1.82, 2.24) is 9.03 Å². The fraction of sp³-hybridized carbons (Fsp3) is 0.647. The van der Waals surface area contributed by atoms with E-state index in [2.05, 4.69) is 30.7 Å². The predicted octanol–water partition coefficient (Wildman–Crippen LogP) is 3.02. The Morgan fingerprint density at radius 1 is 1.18 bits per heavy atom. The van der Waals surface area contributed by atoms with E-state index >= 15 is 0 Å². The molecule has 0 saturated heterocycles. The van der Waals surface area contributed by atoms with E-state index in [1.165, 1.54) is 11.1 Å². The summed E-state index contributed by atoms with van der Waals surface area (Å²) in [4.78, 5) is 0. The number of nitrogens with one attached hydrogen (secondary N) is 1. The van der Waals surface area contributed by atoms with E-state index in [1.54, 1.807) is 4.31 Å². The molecule has 3 rings (SSSR count). The number of hydrogen-bond donors (Lipinski definition) is 1. The van der Waals surface area contributed by atoms with E-state index in [4.69, 9.17) is 0 Å². The Kier molecular flexibility index (Phi) is 4.57. The Hall–Kier alpha value is -0.910. The maximum Gasteiger partial charge on any atom is 0.280 e. The SMILES string of the molecule is CC(C)C1c2ccccc2CCN1S(=O)(=O)NC1CCCC1. The normalized spacial score (nSPS) is 23.9. The van der Waals surface area contributed by atoms with Gasteiger partial charge in [0.25, 0.3) is 10.2 Å². The van der Waals surface area contributed by atoms with Crippen LogP contribution < -0.4 is 4.72 Å². The van der Waals surface area contributed by atoms with E-state index in [-0.39, 0.29) is 18.0 Å². The van der Waals surface area contributed by atoms with Gasteiger partial charge in [0.15, 0.2) is 0 Å². The van der Waals surface area contributed by atoms with Crippen LogP contribution in [0.5, 0.6) is 0 Å². The molecular weight excluding hydrogens is 296 g/mol. The van der Waals surface area contributed by atoms with Crippen molar-refractivity contribution >= 4 is 10.2 Å². The smallest absolute Gasteiger partial charge is 0.199 e. The van der Waals surface area contributed by atoms with Crippen LogP contribution in [-0.4, -0.2) is 25.3 Å². The highest BCUT2D eigenvalue weighted by Gasteiger charge is 2.38. The minimum absolute atomic E-state index is 0.0659. The van der Waals surface area contributed by atoms with Crippen LogP contribution in [0.15, 0.2) is 24.3 Å². The van der Waals surface area contributed by atoms with Gasteiger partial charge in [-0.1, -0.05) is 51.0 Å². The van der Waals surface area contributed by atoms with Gasteiger partial charge in [-0.2, -0.15) is 17.4 Å². The van der Waals surface area contributed by atoms with Crippen molar-refractivity contribution in [2.24, 2.45) is 5.92 Å². The fourth-order valence-corrected chi connectivity index (χ4v) is 5.64. The average Bonchev–Trinajstić information content (AvgIpc) is 2.98. The van der Waals surface area contributed by atoms with Crippen LogP contribution in [0.1, 0.15) is 56.7 Å². The summed E-state index contributed by atoms with van der Waals surface area (Å²) in [7, 11) is -3.42. The zero-order chi connectivity index (χ0) is 15.7. The van der Waals surface area contributed by atoms with Crippen molar-refractivity contribution in [1.29, 1.82) is 0 Å². The summed E-state index contributed by atoms with van der Waals surface area (Å²) < 4.78 is 30.4. The van der Waals surface area contributed by atoms with Gasteiger partial charge in [0.2, 0.25) is 0 Å². The van der Waals surface area contributed by atoms with E-state index in [0.29, 0.717) is 6.54 Å². The van der Waals surface area contributed by atoms with Crippen LogP contribution in [-0.2, 0) is 16.6 Å². The van der Waals surface area contributed by atoms with Crippen LogP contribution in [0.25, 0.3) is 0 Å². The maximum atomic E-state index is 12.9. The maximum absolute atomic E-state index is 12.9. The molecule has 122 valence electrons. The third kappa shape index (κ3) is 3.07. The quantitative estimate of drug-likeness (QED) is 0.926. The highest BCUT2D eigenvalue weighted by atomic mass is 32.2. The second-order valence-corrected chi connectivity index (χ2v) is 8.51. The summed E-state index contributed by atoms with van der Waals surface area (Å²) in [5.41, 5.74) is 2.45. The van der Waals surface area contributed by atoms with Gasteiger partial charge in [-0.15, -0.1) is 0 Å². The van der Waals surface area contributed by atoms with Gasteiger partial charge >= 0.3 is 0 Å². The third-order valence-corrected chi connectivity index (χ3v) is 6.55.